The fourth-order valence-electron chi connectivity index (χ4n) is 2.67. The molecule has 1 aliphatic rings. The smallest absolute Gasteiger partial charge is 0.230 e. The van der Waals surface area contributed by atoms with Gasteiger partial charge < -0.3 is 9.80 Å². The Labute approximate surface area is 126 Å². The number of Topliss-reactive ketones (excluding diaryl/α,β-unsaturated/α-hetero) is 1. The maximum atomic E-state index is 11.8. The van der Waals surface area contributed by atoms with Crippen molar-refractivity contribution in [2.24, 2.45) is 0 Å². The molecule has 0 aromatic heterocycles. The van der Waals surface area contributed by atoms with Crippen LogP contribution in [0.15, 0.2) is 24.3 Å². The van der Waals surface area contributed by atoms with E-state index in [1.807, 2.05) is 0 Å². The number of carbonyl (C=O) groups is 2. The Kier molecular flexibility index (Phi) is 5.37. The summed E-state index contributed by atoms with van der Waals surface area (Å²) in [4.78, 5) is 26.8. The van der Waals surface area contributed by atoms with Gasteiger partial charge in [-0.15, -0.1) is 0 Å². The van der Waals surface area contributed by atoms with Crippen LogP contribution in [-0.4, -0.2) is 36.7 Å². The number of anilines is 1. The van der Waals surface area contributed by atoms with Crippen LogP contribution in [0.25, 0.3) is 0 Å². The Balaban J connectivity index is 1.92. The molecule has 1 heterocycles. The first-order valence-corrected chi connectivity index (χ1v) is 7.63. The number of benzene rings is 1. The third-order valence-electron chi connectivity index (χ3n) is 3.90. The predicted octanol–water partition coefficient (Wildman–Crippen LogP) is 2.61. The molecule has 2 rings (SSSR count). The molecule has 0 N–H and O–H groups in total. The summed E-state index contributed by atoms with van der Waals surface area (Å²) in [6.45, 7) is 4.26. The molecular formula is C17H24N2O2. The van der Waals surface area contributed by atoms with Gasteiger partial charge in [0.25, 0.3) is 0 Å². The molecule has 114 valence electrons. The van der Waals surface area contributed by atoms with Crippen LogP contribution in [-0.2, 0) is 16.1 Å². The summed E-state index contributed by atoms with van der Waals surface area (Å²) in [6, 6.07) is 8.40. The molecule has 0 atom stereocenters. The van der Waals surface area contributed by atoms with Gasteiger partial charge in [0.05, 0.1) is 6.42 Å². The number of nitrogens with zero attached hydrogens (tertiary/aromatic N) is 2. The number of piperidine rings is 1. The summed E-state index contributed by atoms with van der Waals surface area (Å²) in [5, 5.41) is 0. The van der Waals surface area contributed by atoms with Crippen molar-refractivity contribution < 1.29 is 9.59 Å². The lowest BCUT2D eigenvalue weighted by atomic mass is 10.1. The van der Waals surface area contributed by atoms with E-state index in [-0.39, 0.29) is 18.1 Å². The first-order chi connectivity index (χ1) is 10.1. The van der Waals surface area contributed by atoms with Gasteiger partial charge in [-0.3, -0.25) is 9.59 Å². The SMILES string of the molecule is CC(=O)CC(=O)N(C)Cc1ccc(N2CCCCC2)cc1. The molecule has 0 unspecified atom stereocenters. The van der Waals surface area contributed by atoms with Gasteiger partial charge in [-0.05, 0) is 43.9 Å². The van der Waals surface area contributed by atoms with Gasteiger partial charge in [0.15, 0.2) is 0 Å². The lowest BCUT2D eigenvalue weighted by molar-refractivity contribution is -0.134. The van der Waals surface area contributed by atoms with E-state index in [1.165, 1.54) is 31.9 Å². The minimum atomic E-state index is -0.123. The standard InChI is InChI=1S/C17H24N2O2/c1-14(20)12-17(21)18(2)13-15-6-8-16(9-7-15)19-10-4-3-5-11-19/h6-9H,3-5,10-13H2,1-2H3. The van der Waals surface area contributed by atoms with Crippen LogP contribution in [0.5, 0.6) is 0 Å². The second kappa shape index (κ2) is 7.25. The topological polar surface area (TPSA) is 40.6 Å². The van der Waals surface area contributed by atoms with Crippen molar-refractivity contribution >= 4 is 17.4 Å². The van der Waals surface area contributed by atoms with Crippen LogP contribution in [0.2, 0.25) is 0 Å². The molecule has 21 heavy (non-hydrogen) atoms. The highest BCUT2D eigenvalue weighted by Gasteiger charge is 2.13. The molecule has 1 fully saturated rings. The second-order valence-corrected chi connectivity index (χ2v) is 5.84. The van der Waals surface area contributed by atoms with Crippen molar-refractivity contribution in [3.05, 3.63) is 29.8 Å². The van der Waals surface area contributed by atoms with E-state index < -0.39 is 0 Å². The summed E-state index contributed by atoms with van der Waals surface area (Å²) in [5.74, 6) is -0.213. The van der Waals surface area contributed by atoms with E-state index in [2.05, 4.69) is 29.2 Å². The Morgan fingerprint density at radius 2 is 1.71 bits per heavy atom. The monoisotopic (exact) mass is 288 g/mol. The Morgan fingerprint density at radius 1 is 1.10 bits per heavy atom. The quantitative estimate of drug-likeness (QED) is 0.782. The average molecular weight is 288 g/mol. The minimum Gasteiger partial charge on any atom is -0.372 e. The highest BCUT2D eigenvalue weighted by Crippen LogP contribution is 2.20. The van der Waals surface area contributed by atoms with Gasteiger partial charge in [0, 0.05) is 32.4 Å². The third kappa shape index (κ3) is 4.59. The molecular weight excluding hydrogens is 264 g/mol. The van der Waals surface area contributed by atoms with Crippen molar-refractivity contribution in [3.8, 4) is 0 Å². The van der Waals surface area contributed by atoms with E-state index in [9.17, 15) is 9.59 Å². The Morgan fingerprint density at radius 3 is 2.29 bits per heavy atom. The average Bonchev–Trinajstić information content (AvgIpc) is 2.48. The van der Waals surface area contributed by atoms with Crippen LogP contribution in [0, 0.1) is 0 Å². The van der Waals surface area contributed by atoms with Crippen molar-refractivity contribution in [2.45, 2.75) is 39.2 Å². The molecule has 4 heteroatoms. The first kappa shape index (κ1) is 15.5. The molecule has 0 radical (unpaired) electrons. The number of hydrogen-bond donors (Lipinski definition) is 0. The van der Waals surface area contributed by atoms with Crippen LogP contribution in [0.3, 0.4) is 0 Å². The summed E-state index contributed by atoms with van der Waals surface area (Å²) in [7, 11) is 1.74. The summed E-state index contributed by atoms with van der Waals surface area (Å²) >= 11 is 0. The summed E-state index contributed by atoms with van der Waals surface area (Å²) < 4.78 is 0. The molecule has 1 saturated heterocycles. The minimum absolute atomic E-state index is 0.0115. The molecule has 0 bridgehead atoms. The molecule has 1 aromatic rings. The summed E-state index contributed by atoms with van der Waals surface area (Å²) in [5.41, 5.74) is 2.35. The molecule has 0 spiro atoms. The normalized spacial score (nSPS) is 14.9. The van der Waals surface area contributed by atoms with Crippen molar-refractivity contribution in [1.82, 2.24) is 4.90 Å². The van der Waals surface area contributed by atoms with Gasteiger partial charge in [0.2, 0.25) is 5.91 Å². The second-order valence-electron chi connectivity index (χ2n) is 5.84. The van der Waals surface area contributed by atoms with Crippen LogP contribution in [0.4, 0.5) is 5.69 Å². The van der Waals surface area contributed by atoms with Crippen molar-refractivity contribution in [3.63, 3.8) is 0 Å². The highest BCUT2D eigenvalue weighted by atomic mass is 16.2. The van der Waals surface area contributed by atoms with Gasteiger partial charge in [-0.2, -0.15) is 0 Å². The zero-order valence-electron chi connectivity index (χ0n) is 13.0. The maximum absolute atomic E-state index is 11.8. The first-order valence-electron chi connectivity index (χ1n) is 7.63. The van der Waals surface area contributed by atoms with E-state index >= 15 is 0 Å². The third-order valence-corrected chi connectivity index (χ3v) is 3.90. The van der Waals surface area contributed by atoms with Crippen molar-refractivity contribution in [2.75, 3.05) is 25.0 Å². The van der Waals surface area contributed by atoms with Gasteiger partial charge in [0.1, 0.15) is 5.78 Å². The number of carbonyl (C=O) groups excluding carboxylic acids is 2. The van der Waals surface area contributed by atoms with E-state index in [0.29, 0.717) is 6.54 Å². The molecule has 0 saturated carbocycles. The van der Waals surface area contributed by atoms with Gasteiger partial charge >= 0.3 is 0 Å². The summed E-state index contributed by atoms with van der Waals surface area (Å²) in [6.07, 6.45) is 3.86. The maximum Gasteiger partial charge on any atom is 0.230 e. The fourth-order valence-corrected chi connectivity index (χ4v) is 2.67. The van der Waals surface area contributed by atoms with E-state index in [1.54, 1.807) is 11.9 Å². The van der Waals surface area contributed by atoms with Crippen LogP contribution < -0.4 is 4.90 Å². The van der Waals surface area contributed by atoms with Crippen LogP contribution >= 0.6 is 0 Å². The van der Waals surface area contributed by atoms with Crippen LogP contribution in [0.1, 0.15) is 38.2 Å². The number of hydrogen-bond acceptors (Lipinski definition) is 3. The van der Waals surface area contributed by atoms with E-state index in [4.69, 9.17) is 0 Å². The molecule has 1 amide bonds. The largest absolute Gasteiger partial charge is 0.372 e. The molecule has 4 nitrogen and oxygen atoms in total. The molecule has 0 aliphatic carbocycles. The zero-order chi connectivity index (χ0) is 15.2. The Bertz CT molecular complexity index is 490. The fraction of sp³-hybridized carbons (Fsp3) is 0.529. The lowest BCUT2D eigenvalue weighted by Gasteiger charge is -2.29. The number of amides is 1. The van der Waals surface area contributed by atoms with Gasteiger partial charge in [-0.25, -0.2) is 0 Å². The van der Waals surface area contributed by atoms with Gasteiger partial charge in [-0.1, -0.05) is 12.1 Å². The molecule has 1 aromatic carbocycles. The molecule has 1 aliphatic heterocycles. The Hall–Kier alpha value is -1.84. The zero-order valence-corrected chi connectivity index (χ0v) is 13.0. The number of ketones is 1. The lowest BCUT2D eigenvalue weighted by Crippen LogP contribution is -2.29. The number of rotatable bonds is 5. The van der Waals surface area contributed by atoms with E-state index in [0.717, 1.165) is 18.7 Å². The van der Waals surface area contributed by atoms with Crippen molar-refractivity contribution in [1.29, 1.82) is 0 Å². The highest BCUT2D eigenvalue weighted by molar-refractivity contribution is 5.96. The predicted molar refractivity (Wildman–Crippen MR) is 84.3 cm³/mol.